The molecule has 0 heterocycles. The zero-order valence-corrected chi connectivity index (χ0v) is 13.0. The maximum atomic E-state index is 12.8. The fourth-order valence-electron chi connectivity index (χ4n) is 3.49. The third kappa shape index (κ3) is 3.67. The first-order chi connectivity index (χ1) is 10.3. The number of hydrogen-bond donors (Lipinski definition) is 1. The third-order valence-electron chi connectivity index (χ3n) is 5.07. The molecule has 0 spiro atoms. The molecule has 4 heteroatoms. The lowest BCUT2D eigenvalue weighted by molar-refractivity contribution is -0.132. The lowest BCUT2D eigenvalue weighted by atomic mass is 9.91. The summed E-state index contributed by atoms with van der Waals surface area (Å²) in [5, 5.41) is 9.25. The van der Waals surface area contributed by atoms with Crippen LogP contribution in [-0.4, -0.2) is 52.6 Å². The molecular formula is C17H28N2O2. The van der Waals surface area contributed by atoms with Gasteiger partial charge in [0.2, 0.25) is 5.91 Å². The number of carbonyl (C=O) groups is 1. The van der Waals surface area contributed by atoms with E-state index in [1.54, 1.807) is 0 Å². The average molecular weight is 292 g/mol. The van der Waals surface area contributed by atoms with E-state index in [4.69, 9.17) is 0 Å². The molecule has 2 saturated carbocycles. The second-order valence-corrected chi connectivity index (χ2v) is 6.71. The Kier molecular flexibility index (Phi) is 4.96. The smallest absolute Gasteiger partial charge is 0.241 e. The molecule has 3 rings (SSSR count). The summed E-state index contributed by atoms with van der Waals surface area (Å²) >= 11 is 0. The fourth-order valence-corrected chi connectivity index (χ4v) is 3.49. The van der Waals surface area contributed by atoms with Crippen molar-refractivity contribution in [1.82, 2.24) is 9.80 Å². The summed E-state index contributed by atoms with van der Waals surface area (Å²) in [7, 11) is 0. The van der Waals surface area contributed by atoms with Crippen molar-refractivity contribution in [2.24, 2.45) is 0 Å². The van der Waals surface area contributed by atoms with E-state index in [1.807, 2.05) is 0 Å². The molecule has 3 aliphatic carbocycles. The molecular weight excluding hydrogens is 264 g/mol. The van der Waals surface area contributed by atoms with Crippen LogP contribution in [0.4, 0.5) is 0 Å². The number of allylic oxidation sites excluding steroid dienone is 2. The standard InChI is InChI=1S/C17H28N2O2/c20-12-11-18(14-7-4-8-14)13-17(21)19(16-9-10-16)15-5-2-1-3-6-15/h5,14,16,20H,1-4,6-13H2. The SMILES string of the molecule is O=C(CN(CCO)C1CCC1)N(C1=CCCCC1)C1CC1. The Balaban J connectivity index is 1.64. The molecule has 0 aromatic heterocycles. The summed E-state index contributed by atoms with van der Waals surface area (Å²) in [6.45, 7) is 1.27. The molecule has 0 aromatic carbocycles. The summed E-state index contributed by atoms with van der Waals surface area (Å²) in [5.74, 6) is 0.256. The van der Waals surface area contributed by atoms with Gasteiger partial charge in [0.1, 0.15) is 0 Å². The predicted octanol–water partition coefficient (Wildman–Crippen LogP) is 2.28. The molecule has 0 saturated heterocycles. The Hall–Kier alpha value is -0.870. The highest BCUT2D eigenvalue weighted by atomic mass is 16.3. The average Bonchev–Trinajstić information content (AvgIpc) is 3.23. The zero-order chi connectivity index (χ0) is 14.7. The van der Waals surface area contributed by atoms with Gasteiger partial charge in [-0.15, -0.1) is 0 Å². The Morgan fingerprint density at radius 2 is 1.95 bits per heavy atom. The van der Waals surface area contributed by atoms with Crippen LogP contribution in [0.3, 0.4) is 0 Å². The highest BCUT2D eigenvalue weighted by Gasteiger charge is 2.36. The van der Waals surface area contributed by atoms with Gasteiger partial charge in [0.15, 0.2) is 0 Å². The van der Waals surface area contributed by atoms with Crippen LogP contribution in [0, 0.1) is 0 Å². The predicted molar refractivity (Wildman–Crippen MR) is 82.7 cm³/mol. The molecule has 21 heavy (non-hydrogen) atoms. The molecule has 2 fully saturated rings. The van der Waals surface area contributed by atoms with E-state index in [-0.39, 0.29) is 12.5 Å². The highest BCUT2D eigenvalue weighted by molar-refractivity contribution is 5.81. The minimum Gasteiger partial charge on any atom is -0.395 e. The van der Waals surface area contributed by atoms with Crippen LogP contribution >= 0.6 is 0 Å². The van der Waals surface area contributed by atoms with Gasteiger partial charge in [0.25, 0.3) is 0 Å². The molecule has 3 aliphatic rings. The van der Waals surface area contributed by atoms with Crippen LogP contribution in [0.2, 0.25) is 0 Å². The molecule has 1 amide bonds. The van der Waals surface area contributed by atoms with Crippen LogP contribution in [0.1, 0.15) is 57.8 Å². The van der Waals surface area contributed by atoms with E-state index in [9.17, 15) is 9.90 Å². The number of hydrogen-bond acceptors (Lipinski definition) is 3. The Morgan fingerprint density at radius 1 is 1.14 bits per heavy atom. The monoisotopic (exact) mass is 292 g/mol. The van der Waals surface area contributed by atoms with Gasteiger partial charge < -0.3 is 10.0 Å². The van der Waals surface area contributed by atoms with Crippen molar-refractivity contribution < 1.29 is 9.90 Å². The first-order valence-electron chi connectivity index (χ1n) is 8.65. The molecule has 118 valence electrons. The quantitative estimate of drug-likeness (QED) is 0.783. The first-order valence-corrected chi connectivity index (χ1v) is 8.65. The summed E-state index contributed by atoms with van der Waals surface area (Å²) in [6.07, 6.45) is 12.9. The zero-order valence-electron chi connectivity index (χ0n) is 13.0. The normalized spacial score (nSPS) is 22.9. The van der Waals surface area contributed by atoms with Crippen molar-refractivity contribution in [3.8, 4) is 0 Å². The fraction of sp³-hybridized carbons (Fsp3) is 0.824. The summed E-state index contributed by atoms with van der Waals surface area (Å²) < 4.78 is 0. The van der Waals surface area contributed by atoms with E-state index >= 15 is 0 Å². The van der Waals surface area contributed by atoms with Crippen molar-refractivity contribution >= 4 is 5.91 Å². The maximum absolute atomic E-state index is 12.8. The lowest BCUT2D eigenvalue weighted by Gasteiger charge is -2.38. The van der Waals surface area contributed by atoms with Crippen molar-refractivity contribution in [3.05, 3.63) is 11.8 Å². The van der Waals surface area contributed by atoms with E-state index in [0.29, 0.717) is 25.2 Å². The van der Waals surface area contributed by atoms with Crippen LogP contribution in [0.5, 0.6) is 0 Å². The van der Waals surface area contributed by atoms with E-state index in [2.05, 4.69) is 15.9 Å². The number of aliphatic hydroxyl groups is 1. The second kappa shape index (κ2) is 6.93. The second-order valence-electron chi connectivity index (χ2n) is 6.71. The molecule has 0 atom stereocenters. The number of aliphatic hydroxyl groups excluding tert-OH is 1. The molecule has 0 unspecified atom stereocenters. The Morgan fingerprint density at radius 3 is 2.48 bits per heavy atom. The molecule has 0 aliphatic heterocycles. The lowest BCUT2D eigenvalue weighted by Crippen LogP contribution is -2.48. The topological polar surface area (TPSA) is 43.8 Å². The van der Waals surface area contributed by atoms with Gasteiger partial charge in [-0.3, -0.25) is 9.69 Å². The van der Waals surface area contributed by atoms with Gasteiger partial charge in [-0.1, -0.05) is 12.5 Å². The van der Waals surface area contributed by atoms with Gasteiger partial charge in [-0.05, 0) is 51.4 Å². The van der Waals surface area contributed by atoms with Gasteiger partial charge in [-0.25, -0.2) is 0 Å². The van der Waals surface area contributed by atoms with Crippen LogP contribution < -0.4 is 0 Å². The summed E-state index contributed by atoms with van der Waals surface area (Å²) in [6, 6.07) is 0.974. The molecule has 0 radical (unpaired) electrons. The van der Waals surface area contributed by atoms with Gasteiger partial charge in [0, 0.05) is 24.3 Å². The van der Waals surface area contributed by atoms with Crippen molar-refractivity contribution in [1.29, 1.82) is 0 Å². The molecule has 1 N–H and O–H groups in total. The van der Waals surface area contributed by atoms with Crippen molar-refractivity contribution in [2.45, 2.75) is 69.9 Å². The largest absolute Gasteiger partial charge is 0.395 e. The summed E-state index contributed by atoms with van der Waals surface area (Å²) in [4.78, 5) is 17.1. The minimum atomic E-state index is 0.149. The van der Waals surface area contributed by atoms with E-state index < -0.39 is 0 Å². The van der Waals surface area contributed by atoms with E-state index in [0.717, 1.165) is 25.7 Å². The molecule has 0 aromatic rings. The van der Waals surface area contributed by atoms with Crippen molar-refractivity contribution in [3.63, 3.8) is 0 Å². The minimum absolute atomic E-state index is 0.149. The Bertz CT molecular complexity index is 400. The van der Waals surface area contributed by atoms with Crippen molar-refractivity contribution in [2.75, 3.05) is 19.7 Å². The summed E-state index contributed by atoms with van der Waals surface area (Å²) in [5.41, 5.74) is 1.27. The first kappa shape index (κ1) is 15.0. The Labute approximate surface area is 127 Å². The van der Waals surface area contributed by atoms with Gasteiger partial charge in [-0.2, -0.15) is 0 Å². The number of carbonyl (C=O) groups excluding carboxylic acids is 1. The van der Waals surface area contributed by atoms with Gasteiger partial charge in [0.05, 0.1) is 13.2 Å². The van der Waals surface area contributed by atoms with E-state index in [1.165, 1.54) is 37.8 Å². The highest BCUT2D eigenvalue weighted by Crippen LogP contribution is 2.34. The molecule has 4 nitrogen and oxygen atoms in total. The number of nitrogens with zero attached hydrogens (tertiary/aromatic N) is 2. The third-order valence-corrected chi connectivity index (χ3v) is 5.07. The molecule has 0 bridgehead atoms. The van der Waals surface area contributed by atoms with Crippen LogP contribution in [0.15, 0.2) is 11.8 Å². The van der Waals surface area contributed by atoms with Crippen LogP contribution in [-0.2, 0) is 4.79 Å². The van der Waals surface area contributed by atoms with Crippen LogP contribution in [0.25, 0.3) is 0 Å². The number of amides is 1. The van der Waals surface area contributed by atoms with Gasteiger partial charge >= 0.3 is 0 Å². The number of rotatable bonds is 7. The maximum Gasteiger partial charge on any atom is 0.241 e.